The molecule has 5 heteroatoms. The minimum atomic E-state index is -1.03. The first-order valence-corrected chi connectivity index (χ1v) is 8.92. The molecule has 136 valence electrons. The Balaban J connectivity index is 1.89. The summed E-state index contributed by atoms with van der Waals surface area (Å²) < 4.78 is 5.86. The molecule has 5 nitrogen and oxygen atoms in total. The van der Waals surface area contributed by atoms with Gasteiger partial charge in [-0.15, -0.1) is 0 Å². The molecular formula is C21H24N2O3. The summed E-state index contributed by atoms with van der Waals surface area (Å²) in [6.07, 6.45) is 0.924. The molecule has 0 saturated carbocycles. The van der Waals surface area contributed by atoms with Gasteiger partial charge in [-0.3, -0.25) is 9.59 Å². The number of carbonyl (C=O) groups is 2. The average molecular weight is 352 g/mol. The second-order valence-electron chi connectivity index (χ2n) is 6.56. The topological polar surface area (TPSA) is 58.6 Å². The smallest absolute Gasteiger partial charge is 0.242 e. The molecule has 0 aliphatic carbocycles. The Kier molecular flexibility index (Phi) is 4.98. The highest BCUT2D eigenvalue weighted by atomic mass is 16.5. The molecule has 0 saturated heterocycles. The van der Waals surface area contributed by atoms with Crippen molar-refractivity contribution in [1.82, 2.24) is 0 Å². The maximum atomic E-state index is 13.0. The number of nitrogens with one attached hydrogen (secondary N) is 1. The quantitative estimate of drug-likeness (QED) is 0.828. The van der Waals surface area contributed by atoms with Gasteiger partial charge in [-0.2, -0.15) is 0 Å². The van der Waals surface area contributed by atoms with Crippen molar-refractivity contribution < 1.29 is 14.3 Å². The summed E-state index contributed by atoms with van der Waals surface area (Å²) in [7, 11) is 1.71. The summed E-state index contributed by atoms with van der Waals surface area (Å²) in [6, 6.07) is 15.3. The standard InChI is InChI=1S/C21H24N2O3/c1-4-21(5-2)19(24)22-17-12-11-16(13-18(17)23(3)20(21)25)26-14-15-9-7-6-8-10-15/h6-13H,4-5,14H2,1-3H3,(H,22,24). The Hall–Kier alpha value is -2.82. The summed E-state index contributed by atoms with van der Waals surface area (Å²) in [6.45, 7) is 4.19. The number of nitrogens with zero attached hydrogens (tertiary/aromatic N) is 1. The molecule has 26 heavy (non-hydrogen) atoms. The van der Waals surface area contributed by atoms with Crippen LogP contribution in [0.4, 0.5) is 11.4 Å². The molecule has 2 amide bonds. The van der Waals surface area contributed by atoms with E-state index in [1.807, 2.05) is 50.2 Å². The first kappa shape index (κ1) is 18.0. The third kappa shape index (κ3) is 3.05. The normalized spacial score (nSPS) is 15.9. The van der Waals surface area contributed by atoms with Gasteiger partial charge in [-0.25, -0.2) is 0 Å². The first-order valence-electron chi connectivity index (χ1n) is 8.92. The van der Waals surface area contributed by atoms with E-state index in [-0.39, 0.29) is 11.8 Å². The van der Waals surface area contributed by atoms with Gasteiger partial charge in [0.25, 0.3) is 0 Å². The number of carbonyl (C=O) groups excluding carboxylic acids is 2. The molecule has 0 unspecified atom stereocenters. The van der Waals surface area contributed by atoms with Crippen LogP contribution in [0.5, 0.6) is 5.75 Å². The molecular weight excluding hydrogens is 328 g/mol. The molecule has 1 N–H and O–H groups in total. The zero-order valence-electron chi connectivity index (χ0n) is 15.4. The van der Waals surface area contributed by atoms with Crippen LogP contribution in [0.1, 0.15) is 32.3 Å². The average Bonchev–Trinajstić information content (AvgIpc) is 2.75. The minimum absolute atomic E-state index is 0.182. The zero-order chi connectivity index (χ0) is 18.7. The Morgan fingerprint density at radius 1 is 1.04 bits per heavy atom. The van der Waals surface area contributed by atoms with Crippen molar-refractivity contribution >= 4 is 23.2 Å². The van der Waals surface area contributed by atoms with Gasteiger partial charge >= 0.3 is 0 Å². The largest absolute Gasteiger partial charge is 0.489 e. The molecule has 2 aromatic carbocycles. The highest BCUT2D eigenvalue weighted by molar-refractivity contribution is 6.19. The lowest BCUT2D eigenvalue weighted by Gasteiger charge is -2.29. The monoisotopic (exact) mass is 352 g/mol. The Bertz CT molecular complexity index is 813. The lowest BCUT2D eigenvalue weighted by molar-refractivity contribution is -0.139. The number of hydrogen-bond acceptors (Lipinski definition) is 3. The molecule has 0 fully saturated rings. The maximum absolute atomic E-state index is 13.0. The van der Waals surface area contributed by atoms with Gasteiger partial charge in [0.1, 0.15) is 17.8 Å². The fraction of sp³-hybridized carbons (Fsp3) is 0.333. The van der Waals surface area contributed by atoms with Crippen molar-refractivity contribution in [3.8, 4) is 5.75 Å². The van der Waals surface area contributed by atoms with E-state index >= 15 is 0 Å². The molecule has 0 atom stereocenters. The van der Waals surface area contributed by atoms with Crippen LogP contribution in [-0.2, 0) is 16.2 Å². The van der Waals surface area contributed by atoms with Crippen molar-refractivity contribution in [2.24, 2.45) is 5.41 Å². The van der Waals surface area contributed by atoms with Gasteiger partial charge in [-0.1, -0.05) is 44.2 Å². The molecule has 1 aliphatic rings. The third-order valence-corrected chi connectivity index (χ3v) is 5.18. The van der Waals surface area contributed by atoms with Crippen LogP contribution >= 0.6 is 0 Å². The fourth-order valence-corrected chi connectivity index (χ4v) is 3.37. The van der Waals surface area contributed by atoms with Gasteiger partial charge < -0.3 is 15.0 Å². The second kappa shape index (κ2) is 7.20. The molecule has 0 aromatic heterocycles. The summed E-state index contributed by atoms with van der Waals surface area (Å²) in [5.74, 6) is 0.233. The van der Waals surface area contributed by atoms with Gasteiger partial charge in [0.2, 0.25) is 11.8 Å². The van der Waals surface area contributed by atoms with Gasteiger partial charge in [0, 0.05) is 13.1 Å². The van der Waals surface area contributed by atoms with Crippen molar-refractivity contribution in [1.29, 1.82) is 0 Å². The van der Waals surface area contributed by atoms with E-state index in [0.717, 1.165) is 5.56 Å². The van der Waals surface area contributed by atoms with Crippen LogP contribution in [0.25, 0.3) is 0 Å². The second-order valence-corrected chi connectivity index (χ2v) is 6.56. The number of amides is 2. The number of ether oxygens (including phenoxy) is 1. The minimum Gasteiger partial charge on any atom is -0.489 e. The van der Waals surface area contributed by atoms with Crippen LogP contribution < -0.4 is 15.0 Å². The zero-order valence-corrected chi connectivity index (χ0v) is 15.4. The third-order valence-electron chi connectivity index (χ3n) is 5.18. The van der Waals surface area contributed by atoms with Crippen LogP contribution in [0.2, 0.25) is 0 Å². The van der Waals surface area contributed by atoms with Gasteiger partial charge in [0.15, 0.2) is 0 Å². The number of fused-ring (bicyclic) bond motifs is 1. The molecule has 0 spiro atoms. The summed E-state index contributed by atoms with van der Waals surface area (Å²) in [5.41, 5.74) is 1.31. The number of hydrogen-bond donors (Lipinski definition) is 1. The number of rotatable bonds is 5. The van der Waals surface area contributed by atoms with Crippen molar-refractivity contribution in [2.45, 2.75) is 33.3 Å². The van der Waals surface area contributed by atoms with Crippen molar-refractivity contribution in [3.63, 3.8) is 0 Å². The van der Waals surface area contributed by atoms with Gasteiger partial charge in [-0.05, 0) is 30.5 Å². The molecule has 0 bridgehead atoms. The highest BCUT2D eigenvalue weighted by Gasteiger charge is 2.47. The van der Waals surface area contributed by atoms with Gasteiger partial charge in [0.05, 0.1) is 11.4 Å². The Morgan fingerprint density at radius 3 is 2.38 bits per heavy atom. The SMILES string of the molecule is CCC1(CC)C(=O)Nc2ccc(OCc3ccccc3)cc2N(C)C1=O. The highest BCUT2D eigenvalue weighted by Crippen LogP contribution is 2.40. The van der Waals surface area contributed by atoms with E-state index in [4.69, 9.17) is 4.74 Å². The molecule has 0 radical (unpaired) electrons. The van der Waals surface area contributed by atoms with E-state index in [9.17, 15) is 9.59 Å². The summed E-state index contributed by atoms with van der Waals surface area (Å²) >= 11 is 0. The van der Waals surface area contributed by atoms with Crippen LogP contribution in [0.3, 0.4) is 0 Å². The number of benzene rings is 2. The van der Waals surface area contributed by atoms with E-state index in [1.54, 1.807) is 24.1 Å². The summed E-state index contributed by atoms with van der Waals surface area (Å²) in [4.78, 5) is 27.3. The molecule has 1 heterocycles. The predicted molar refractivity (Wildman–Crippen MR) is 102 cm³/mol. The van der Waals surface area contributed by atoms with Crippen LogP contribution in [0.15, 0.2) is 48.5 Å². The number of anilines is 2. The lowest BCUT2D eigenvalue weighted by Crippen LogP contribution is -2.47. The Labute approximate surface area is 154 Å². The van der Waals surface area contributed by atoms with Crippen LogP contribution in [-0.4, -0.2) is 18.9 Å². The van der Waals surface area contributed by atoms with E-state index in [0.29, 0.717) is 36.6 Å². The molecule has 3 rings (SSSR count). The predicted octanol–water partition coefficient (Wildman–Crippen LogP) is 3.99. The lowest BCUT2D eigenvalue weighted by atomic mass is 9.80. The maximum Gasteiger partial charge on any atom is 0.242 e. The first-order chi connectivity index (χ1) is 12.5. The fourth-order valence-electron chi connectivity index (χ4n) is 3.37. The van der Waals surface area contributed by atoms with E-state index < -0.39 is 5.41 Å². The van der Waals surface area contributed by atoms with Crippen LogP contribution in [0, 0.1) is 5.41 Å². The van der Waals surface area contributed by atoms with Crippen molar-refractivity contribution in [3.05, 3.63) is 54.1 Å². The summed E-state index contributed by atoms with van der Waals surface area (Å²) in [5, 5.41) is 2.92. The molecule has 2 aromatic rings. The van der Waals surface area contributed by atoms with E-state index in [2.05, 4.69) is 5.32 Å². The van der Waals surface area contributed by atoms with E-state index in [1.165, 1.54) is 0 Å². The molecule has 1 aliphatic heterocycles. The van der Waals surface area contributed by atoms with Crippen molar-refractivity contribution in [2.75, 3.05) is 17.3 Å². The Morgan fingerprint density at radius 2 is 1.73 bits per heavy atom.